The summed E-state index contributed by atoms with van der Waals surface area (Å²) in [5.74, 6) is 0.420. The van der Waals surface area contributed by atoms with Crippen LogP contribution in [0.25, 0.3) is 0 Å². The first-order chi connectivity index (χ1) is 9.27. The molecule has 0 saturated heterocycles. The summed E-state index contributed by atoms with van der Waals surface area (Å²) in [6, 6.07) is -0.148. The van der Waals surface area contributed by atoms with Crippen LogP contribution in [0, 0.1) is 11.3 Å². The van der Waals surface area contributed by atoms with E-state index >= 15 is 0 Å². The van der Waals surface area contributed by atoms with Gasteiger partial charge in [-0.2, -0.15) is 11.8 Å². The normalized spacial score (nSPS) is 12.8. The second-order valence-corrected chi connectivity index (χ2v) is 6.95. The molecule has 5 nitrogen and oxygen atoms in total. The second-order valence-electron chi connectivity index (χ2n) is 5.96. The molecule has 0 saturated carbocycles. The van der Waals surface area contributed by atoms with E-state index in [0.29, 0.717) is 19.5 Å². The largest absolute Gasteiger partial charge is 0.481 e. The third-order valence-electron chi connectivity index (χ3n) is 3.30. The van der Waals surface area contributed by atoms with Crippen LogP contribution in [-0.2, 0) is 4.79 Å². The number of carboxylic acid groups (broad SMARTS) is 1. The number of urea groups is 1. The maximum atomic E-state index is 11.5. The van der Waals surface area contributed by atoms with Crippen molar-refractivity contribution in [2.24, 2.45) is 11.3 Å². The van der Waals surface area contributed by atoms with Gasteiger partial charge in [0.05, 0.1) is 0 Å². The molecule has 118 valence electrons. The zero-order chi connectivity index (χ0) is 15.6. The Balaban J connectivity index is 4.01. The second kappa shape index (κ2) is 9.91. The molecule has 2 amide bonds. The lowest BCUT2D eigenvalue weighted by atomic mass is 9.76. The fourth-order valence-corrected chi connectivity index (χ4v) is 2.30. The minimum Gasteiger partial charge on any atom is -0.481 e. The van der Waals surface area contributed by atoms with Gasteiger partial charge < -0.3 is 15.7 Å². The van der Waals surface area contributed by atoms with Gasteiger partial charge in [-0.15, -0.1) is 0 Å². The molecule has 0 aromatic rings. The summed E-state index contributed by atoms with van der Waals surface area (Å²) in [6.07, 6.45) is 3.62. The Morgan fingerprint density at radius 2 is 1.75 bits per heavy atom. The van der Waals surface area contributed by atoms with Crippen LogP contribution in [0.15, 0.2) is 0 Å². The van der Waals surface area contributed by atoms with Crippen molar-refractivity contribution in [2.45, 2.75) is 40.0 Å². The molecule has 0 rings (SSSR count). The quantitative estimate of drug-likeness (QED) is 0.572. The summed E-state index contributed by atoms with van der Waals surface area (Å²) in [5.41, 5.74) is 0.0481. The van der Waals surface area contributed by atoms with Gasteiger partial charge in [0.1, 0.15) is 0 Å². The van der Waals surface area contributed by atoms with Crippen LogP contribution >= 0.6 is 11.8 Å². The highest BCUT2D eigenvalue weighted by Gasteiger charge is 2.24. The van der Waals surface area contributed by atoms with Gasteiger partial charge in [-0.1, -0.05) is 20.8 Å². The summed E-state index contributed by atoms with van der Waals surface area (Å²) >= 11 is 1.69. The molecule has 1 unspecified atom stereocenters. The molecule has 0 aliphatic heterocycles. The van der Waals surface area contributed by atoms with Crippen molar-refractivity contribution in [3.63, 3.8) is 0 Å². The molecule has 0 fully saturated rings. The van der Waals surface area contributed by atoms with E-state index in [-0.39, 0.29) is 23.8 Å². The van der Waals surface area contributed by atoms with E-state index < -0.39 is 5.97 Å². The Morgan fingerprint density at radius 3 is 2.25 bits per heavy atom. The lowest BCUT2D eigenvalue weighted by molar-refractivity contribution is -0.137. The topological polar surface area (TPSA) is 78.4 Å². The molecule has 1 atom stereocenters. The predicted octanol–water partition coefficient (Wildman–Crippen LogP) is 2.57. The number of aliphatic carboxylic acids is 1. The summed E-state index contributed by atoms with van der Waals surface area (Å²) in [6.45, 7) is 7.57. The Kier molecular flexibility index (Phi) is 9.46. The molecular formula is C14H28N2O3S. The lowest BCUT2D eigenvalue weighted by Crippen LogP contribution is -2.38. The molecule has 0 spiro atoms. The summed E-state index contributed by atoms with van der Waals surface area (Å²) in [7, 11) is 0. The zero-order valence-corrected chi connectivity index (χ0v) is 13.8. The monoisotopic (exact) mass is 304 g/mol. The number of thioether (sulfide) groups is 1. The fraction of sp³-hybridized carbons (Fsp3) is 0.857. The van der Waals surface area contributed by atoms with E-state index in [0.717, 1.165) is 12.2 Å². The third-order valence-corrected chi connectivity index (χ3v) is 3.91. The van der Waals surface area contributed by atoms with Crippen LogP contribution in [0.4, 0.5) is 4.79 Å². The SMILES string of the molecule is CSCCNC(=O)NCCC(CCC(=O)O)C(C)(C)C. The predicted molar refractivity (Wildman–Crippen MR) is 84.2 cm³/mol. The van der Waals surface area contributed by atoms with Crippen molar-refractivity contribution in [1.82, 2.24) is 10.6 Å². The van der Waals surface area contributed by atoms with E-state index in [1.54, 1.807) is 11.8 Å². The van der Waals surface area contributed by atoms with E-state index in [9.17, 15) is 9.59 Å². The van der Waals surface area contributed by atoms with E-state index in [4.69, 9.17) is 5.11 Å². The minimum absolute atomic E-state index is 0.0481. The number of amides is 2. The smallest absolute Gasteiger partial charge is 0.314 e. The molecule has 0 aromatic heterocycles. The molecule has 0 radical (unpaired) electrons. The van der Waals surface area contributed by atoms with Gasteiger partial charge in [0.2, 0.25) is 0 Å². The van der Waals surface area contributed by atoms with Crippen LogP contribution in [-0.4, -0.2) is 42.2 Å². The molecule has 0 aliphatic carbocycles. The fourth-order valence-electron chi connectivity index (χ4n) is 2.00. The first-order valence-corrected chi connectivity index (χ1v) is 8.39. The number of rotatable bonds is 9. The number of hydrogen-bond donors (Lipinski definition) is 3. The van der Waals surface area contributed by atoms with Crippen molar-refractivity contribution in [3.8, 4) is 0 Å². The van der Waals surface area contributed by atoms with Crippen LogP contribution in [0.1, 0.15) is 40.0 Å². The maximum absolute atomic E-state index is 11.5. The molecule has 0 bridgehead atoms. The average molecular weight is 304 g/mol. The van der Waals surface area contributed by atoms with Crippen LogP contribution in [0.2, 0.25) is 0 Å². The Hall–Kier alpha value is -0.910. The molecule has 0 aromatic carbocycles. The van der Waals surface area contributed by atoms with Gasteiger partial charge >= 0.3 is 12.0 Å². The highest BCUT2D eigenvalue weighted by molar-refractivity contribution is 7.98. The van der Waals surface area contributed by atoms with Gasteiger partial charge in [0, 0.05) is 25.3 Å². The van der Waals surface area contributed by atoms with Gasteiger partial charge in [-0.25, -0.2) is 4.79 Å². The summed E-state index contributed by atoms with van der Waals surface area (Å²) in [4.78, 5) is 22.2. The molecule has 3 N–H and O–H groups in total. The molecular weight excluding hydrogens is 276 g/mol. The molecule has 0 heterocycles. The van der Waals surface area contributed by atoms with E-state index in [2.05, 4.69) is 31.4 Å². The Bertz CT molecular complexity index is 303. The molecule has 6 heteroatoms. The molecule has 20 heavy (non-hydrogen) atoms. The van der Waals surface area contributed by atoms with Crippen LogP contribution in [0.5, 0.6) is 0 Å². The van der Waals surface area contributed by atoms with Gasteiger partial charge in [0.25, 0.3) is 0 Å². The Morgan fingerprint density at radius 1 is 1.15 bits per heavy atom. The van der Waals surface area contributed by atoms with Gasteiger partial charge in [-0.05, 0) is 30.4 Å². The zero-order valence-electron chi connectivity index (χ0n) is 13.0. The lowest BCUT2D eigenvalue weighted by Gasteiger charge is -2.30. The van der Waals surface area contributed by atoms with Crippen molar-refractivity contribution < 1.29 is 14.7 Å². The summed E-state index contributed by atoms with van der Waals surface area (Å²) in [5, 5.41) is 14.4. The maximum Gasteiger partial charge on any atom is 0.314 e. The summed E-state index contributed by atoms with van der Waals surface area (Å²) < 4.78 is 0. The van der Waals surface area contributed by atoms with Crippen molar-refractivity contribution in [3.05, 3.63) is 0 Å². The minimum atomic E-state index is -0.762. The Labute approximate surface area is 126 Å². The number of hydrogen-bond acceptors (Lipinski definition) is 3. The van der Waals surface area contributed by atoms with Gasteiger partial charge in [-0.3, -0.25) is 4.79 Å². The highest BCUT2D eigenvalue weighted by atomic mass is 32.2. The van der Waals surface area contributed by atoms with Crippen LogP contribution in [0.3, 0.4) is 0 Å². The highest BCUT2D eigenvalue weighted by Crippen LogP contribution is 2.32. The number of carboxylic acids is 1. The molecule has 0 aliphatic rings. The average Bonchev–Trinajstić information content (AvgIpc) is 2.31. The van der Waals surface area contributed by atoms with Crippen LogP contribution < -0.4 is 10.6 Å². The van der Waals surface area contributed by atoms with Crippen molar-refractivity contribution in [2.75, 3.05) is 25.1 Å². The first-order valence-electron chi connectivity index (χ1n) is 6.99. The van der Waals surface area contributed by atoms with Crippen molar-refractivity contribution in [1.29, 1.82) is 0 Å². The number of nitrogens with one attached hydrogen (secondary N) is 2. The number of carbonyl (C=O) groups excluding carboxylic acids is 1. The van der Waals surface area contributed by atoms with E-state index in [1.165, 1.54) is 0 Å². The third kappa shape index (κ3) is 9.95. The number of carbonyl (C=O) groups is 2. The van der Waals surface area contributed by atoms with Crippen molar-refractivity contribution >= 4 is 23.8 Å². The standard InChI is InChI=1S/C14H28N2O3S/c1-14(2,3)11(5-6-12(17)18)7-8-15-13(19)16-9-10-20-4/h11H,5-10H2,1-4H3,(H,17,18)(H2,15,16,19). The van der Waals surface area contributed by atoms with Gasteiger partial charge in [0.15, 0.2) is 0 Å². The first kappa shape index (κ1) is 19.1. The van der Waals surface area contributed by atoms with E-state index in [1.807, 2.05) is 6.26 Å².